The minimum Gasteiger partial charge on any atom is -0.479 e. The Labute approximate surface area is 125 Å². The van der Waals surface area contributed by atoms with E-state index in [1.165, 1.54) is 0 Å². The SMILES string of the molecule is CCN1CCN(C(=O)C(C)Oc2ccccc2Cl)CC1. The molecule has 4 nitrogen and oxygen atoms in total. The standard InChI is InChI=1S/C15H21ClN2O2/c1-3-17-8-10-18(11-9-17)15(19)12(2)20-14-7-5-4-6-13(14)16/h4-7,12H,3,8-11H2,1-2H3. The summed E-state index contributed by atoms with van der Waals surface area (Å²) in [7, 11) is 0. The lowest BCUT2D eigenvalue weighted by molar-refractivity contribution is -0.139. The first-order valence-electron chi connectivity index (χ1n) is 7.04. The molecule has 1 unspecified atom stereocenters. The lowest BCUT2D eigenvalue weighted by Crippen LogP contribution is -2.51. The number of benzene rings is 1. The molecule has 0 aromatic heterocycles. The van der Waals surface area contributed by atoms with E-state index in [0.29, 0.717) is 10.8 Å². The van der Waals surface area contributed by atoms with Crippen LogP contribution in [0.4, 0.5) is 0 Å². The molecule has 0 radical (unpaired) electrons. The summed E-state index contributed by atoms with van der Waals surface area (Å²) in [5.74, 6) is 0.586. The molecule has 0 N–H and O–H groups in total. The highest BCUT2D eigenvalue weighted by atomic mass is 35.5. The van der Waals surface area contributed by atoms with Gasteiger partial charge in [0, 0.05) is 26.2 Å². The van der Waals surface area contributed by atoms with Crippen molar-refractivity contribution in [2.45, 2.75) is 20.0 Å². The van der Waals surface area contributed by atoms with Crippen LogP contribution in [0.3, 0.4) is 0 Å². The van der Waals surface area contributed by atoms with E-state index in [1.807, 2.05) is 17.0 Å². The maximum Gasteiger partial charge on any atom is 0.263 e. The van der Waals surface area contributed by atoms with Gasteiger partial charge in [-0.3, -0.25) is 4.79 Å². The monoisotopic (exact) mass is 296 g/mol. The van der Waals surface area contributed by atoms with Gasteiger partial charge in [-0.1, -0.05) is 30.7 Å². The number of likely N-dealkylation sites (N-methyl/N-ethyl adjacent to an activating group) is 1. The third-order valence-corrected chi connectivity index (χ3v) is 3.93. The number of carbonyl (C=O) groups excluding carboxylic acids is 1. The molecular weight excluding hydrogens is 276 g/mol. The summed E-state index contributed by atoms with van der Waals surface area (Å²) >= 11 is 6.04. The first-order valence-corrected chi connectivity index (χ1v) is 7.42. The Morgan fingerprint density at radius 1 is 1.30 bits per heavy atom. The molecule has 0 aliphatic carbocycles. The van der Waals surface area contributed by atoms with E-state index in [0.717, 1.165) is 32.7 Å². The fourth-order valence-electron chi connectivity index (χ4n) is 2.32. The number of rotatable bonds is 4. The van der Waals surface area contributed by atoms with Crippen LogP contribution in [0, 0.1) is 0 Å². The fourth-order valence-corrected chi connectivity index (χ4v) is 2.50. The van der Waals surface area contributed by atoms with Crippen molar-refractivity contribution in [2.24, 2.45) is 0 Å². The van der Waals surface area contributed by atoms with Crippen LogP contribution in [-0.4, -0.2) is 54.5 Å². The number of halogens is 1. The van der Waals surface area contributed by atoms with Crippen LogP contribution in [0.5, 0.6) is 5.75 Å². The molecule has 5 heteroatoms. The summed E-state index contributed by atoms with van der Waals surface area (Å²) in [6.07, 6.45) is -0.511. The quantitative estimate of drug-likeness (QED) is 0.854. The molecule has 1 saturated heterocycles. The summed E-state index contributed by atoms with van der Waals surface area (Å²) in [6, 6.07) is 7.22. The maximum atomic E-state index is 12.3. The zero-order valence-corrected chi connectivity index (χ0v) is 12.8. The van der Waals surface area contributed by atoms with Crippen LogP contribution < -0.4 is 4.74 Å². The van der Waals surface area contributed by atoms with E-state index in [4.69, 9.17) is 16.3 Å². The molecular formula is C15H21ClN2O2. The second-order valence-electron chi connectivity index (χ2n) is 4.95. The zero-order valence-electron chi connectivity index (χ0n) is 12.0. The Balaban J connectivity index is 1.91. The van der Waals surface area contributed by atoms with Gasteiger partial charge in [0.2, 0.25) is 0 Å². The van der Waals surface area contributed by atoms with E-state index in [1.54, 1.807) is 19.1 Å². The smallest absolute Gasteiger partial charge is 0.263 e. The third-order valence-electron chi connectivity index (χ3n) is 3.62. The predicted molar refractivity (Wildman–Crippen MR) is 80.2 cm³/mol. The summed E-state index contributed by atoms with van der Waals surface area (Å²) < 4.78 is 5.68. The molecule has 0 spiro atoms. The molecule has 1 aliphatic rings. The van der Waals surface area contributed by atoms with Gasteiger partial charge >= 0.3 is 0 Å². The molecule has 110 valence electrons. The van der Waals surface area contributed by atoms with E-state index < -0.39 is 6.10 Å². The van der Waals surface area contributed by atoms with E-state index in [2.05, 4.69) is 11.8 Å². The van der Waals surface area contributed by atoms with Crippen LogP contribution in [0.25, 0.3) is 0 Å². The number of piperazine rings is 1. The molecule has 2 rings (SSSR count). The third kappa shape index (κ3) is 3.64. The number of hydrogen-bond donors (Lipinski definition) is 0. The van der Waals surface area contributed by atoms with Crippen LogP contribution in [0.2, 0.25) is 5.02 Å². The van der Waals surface area contributed by atoms with E-state index >= 15 is 0 Å². The first kappa shape index (κ1) is 15.1. The average Bonchev–Trinajstić information content (AvgIpc) is 2.49. The van der Waals surface area contributed by atoms with Crippen molar-refractivity contribution in [2.75, 3.05) is 32.7 Å². The van der Waals surface area contributed by atoms with Crippen molar-refractivity contribution in [1.82, 2.24) is 9.80 Å². The summed E-state index contributed by atoms with van der Waals surface area (Å²) in [5, 5.41) is 0.531. The second-order valence-corrected chi connectivity index (χ2v) is 5.36. The summed E-state index contributed by atoms with van der Waals surface area (Å²) in [4.78, 5) is 16.6. The fraction of sp³-hybridized carbons (Fsp3) is 0.533. The Morgan fingerprint density at radius 3 is 2.55 bits per heavy atom. The normalized spacial score (nSPS) is 17.9. The van der Waals surface area contributed by atoms with Crippen molar-refractivity contribution >= 4 is 17.5 Å². The number of hydrogen-bond acceptors (Lipinski definition) is 3. The highest BCUT2D eigenvalue weighted by Gasteiger charge is 2.25. The number of ether oxygens (including phenoxy) is 1. The Morgan fingerprint density at radius 2 is 1.95 bits per heavy atom. The van der Waals surface area contributed by atoms with Gasteiger partial charge in [0.25, 0.3) is 5.91 Å². The molecule has 20 heavy (non-hydrogen) atoms. The van der Waals surface area contributed by atoms with Crippen molar-refractivity contribution in [3.63, 3.8) is 0 Å². The number of para-hydroxylation sites is 1. The molecule has 0 bridgehead atoms. The van der Waals surface area contributed by atoms with E-state index in [9.17, 15) is 4.79 Å². The Bertz CT molecular complexity index is 459. The molecule has 1 aromatic carbocycles. The largest absolute Gasteiger partial charge is 0.479 e. The van der Waals surface area contributed by atoms with Crippen LogP contribution in [0.15, 0.2) is 24.3 Å². The molecule has 1 aliphatic heterocycles. The molecule has 1 atom stereocenters. The van der Waals surface area contributed by atoms with Crippen LogP contribution in [-0.2, 0) is 4.79 Å². The van der Waals surface area contributed by atoms with Crippen molar-refractivity contribution in [3.05, 3.63) is 29.3 Å². The minimum absolute atomic E-state index is 0.0284. The maximum absolute atomic E-state index is 12.3. The average molecular weight is 297 g/mol. The van der Waals surface area contributed by atoms with Crippen LogP contribution in [0.1, 0.15) is 13.8 Å². The lowest BCUT2D eigenvalue weighted by atomic mass is 10.2. The number of nitrogens with zero attached hydrogens (tertiary/aromatic N) is 2. The highest BCUT2D eigenvalue weighted by Crippen LogP contribution is 2.24. The van der Waals surface area contributed by atoms with Gasteiger partial charge in [-0.15, -0.1) is 0 Å². The Kier molecular flexibility index (Phi) is 5.26. The predicted octanol–water partition coefficient (Wildman–Crippen LogP) is 2.27. The topological polar surface area (TPSA) is 32.8 Å². The zero-order chi connectivity index (χ0) is 14.5. The van der Waals surface area contributed by atoms with Gasteiger partial charge in [0.15, 0.2) is 6.10 Å². The van der Waals surface area contributed by atoms with Gasteiger partial charge in [-0.05, 0) is 25.6 Å². The molecule has 1 fully saturated rings. The lowest BCUT2D eigenvalue weighted by Gasteiger charge is -2.35. The molecule has 1 aromatic rings. The van der Waals surface area contributed by atoms with Gasteiger partial charge in [0.1, 0.15) is 5.75 Å². The van der Waals surface area contributed by atoms with Gasteiger partial charge in [-0.2, -0.15) is 0 Å². The highest BCUT2D eigenvalue weighted by molar-refractivity contribution is 6.32. The second kappa shape index (κ2) is 6.95. The molecule has 1 heterocycles. The number of carbonyl (C=O) groups is 1. The van der Waals surface area contributed by atoms with E-state index in [-0.39, 0.29) is 5.91 Å². The number of amides is 1. The molecule has 1 amide bonds. The van der Waals surface area contributed by atoms with Gasteiger partial charge < -0.3 is 14.5 Å². The summed E-state index contributed by atoms with van der Waals surface area (Å²) in [5.41, 5.74) is 0. The minimum atomic E-state index is -0.511. The van der Waals surface area contributed by atoms with Crippen LogP contribution >= 0.6 is 11.6 Å². The van der Waals surface area contributed by atoms with Gasteiger partial charge in [0.05, 0.1) is 5.02 Å². The van der Waals surface area contributed by atoms with Crippen molar-refractivity contribution in [3.8, 4) is 5.75 Å². The Hall–Kier alpha value is -1.26. The van der Waals surface area contributed by atoms with Crippen molar-refractivity contribution < 1.29 is 9.53 Å². The molecule has 0 saturated carbocycles. The summed E-state index contributed by atoms with van der Waals surface area (Å²) in [6.45, 7) is 8.35. The van der Waals surface area contributed by atoms with Crippen molar-refractivity contribution in [1.29, 1.82) is 0 Å². The first-order chi connectivity index (χ1) is 9.61. The van der Waals surface area contributed by atoms with Gasteiger partial charge in [-0.25, -0.2) is 0 Å².